The van der Waals surface area contributed by atoms with Gasteiger partial charge in [0.05, 0.1) is 17.7 Å². The van der Waals surface area contributed by atoms with Gasteiger partial charge in [-0.25, -0.2) is 5.43 Å². The Kier molecular flexibility index (Phi) is 5.20. The Morgan fingerprint density at radius 1 is 1.15 bits per heavy atom. The maximum Gasteiger partial charge on any atom is 0.311 e. The van der Waals surface area contributed by atoms with E-state index < -0.39 is 10.8 Å². The molecule has 0 unspecified atom stereocenters. The van der Waals surface area contributed by atoms with E-state index in [1.54, 1.807) is 31.2 Å². The summed E-state index contributed by atoms with van der Waals surface area (Å²) in [5, 5.41) is 15.1. The number of hydrazone groups is 1. The number of carbonyl (C=O) groups is 1. The number of hydrogen-bond donors (Lipinski definition) is 1. The molecule has 2 aromatic rings. The number of nitro groups is 1. The van der Waals surface area contributed by atoms with Crippen LogP contribution in [0.4, 0.5) is 5.69 Å². The van der Waals surface area contributed by atoms with Crippen LogP contribution in [-0.4, -0.2) is 36.9 Å². The summed E-state index contributed by atoms with van der Waals surface area (Å²) >= 11 is 0. The second kappa shape index (κ2) is 7.73. The Balaban J connectivity index is 1.76. The Bertz CT molecular complexity index is 925. The normalized spacial score (nSPS) is 13.0. The molecule has 0 fully saturated rings. The lowest BCUT2D eigenvalue weighted by molar-refractivity contribution is -0.385. The molecule has 2 aromatic carbocycles. The monoisotopic (exact) mass is 371 g/mol. The maximum atomic E-state index is 12.3. The molecule has 0 bridgehead atoms. The van der Waals surface area contributed by atoms with Gasteiger partial charge in [0.1, 0.15) is 13.2 Å². The van der Waals surface area contributed by atoms with Gasteiger partial charge in [0, 0.05) is 17.2 Å². The molecule has 3 rings (SSSR count). The first-order valence-corrected chi connectivity index (χ1v) is 8.06. The summed E-state index contributed by atoms with van der Waals surface area (Å²) in [7, 11) is 1.36. The van der Waals surface area contributed by atoms with Crippen molar-refractivity contribution < 1.29 is 23.9 Å². The molecule has 0 atom stereocenters. The van der Waals surface area contributed by atoms with Gasteiger partial charge in [-0.2, -0.15) is 5.10 Å². The number of fused-ring (bicyclic) bond motifs is 1. The lowest BCUT2D eigenvalue weighted by Gasteiger charge is -2.18. The van der Waals surface area contributed by atoms with Gasteiger partial charge in [-0.05, 0) is 37.3 Å². The molecule has 9 nitrogen and oxygen atoms in total. The van der Waals surface area contributed by atoms with E-state index in [0.29, 0.717) is 41.6 Å². The highest BCUT2D eigenvalue weighted by atomic mass is 16.6. The predicted molar refractivity (Wildman–Crippen MR) is 96.8 cm³/mol. The SMILES string of the molecule is COc1ccc(/C(C)=N\NC(=O)c2ccc3c(c2)OCCO3)cc1[N+](=O)[O-]. The Morgan fingerprint density at radius 3 is 2.56 bits per heavy atom. The fraction of sp³-hybridized carbons (Fsp3) is 0.222. The molecule has 1 aliphatic heterocycles. The maximum absolute atomic E-state index is 12.3. The summed E-state index contributed by atoms with van der Waals surface area (Å²) in [4.78, 5) is 22.9. The zero-order chi connectivity index (χ0) is 19.4. The number of nitrogens with one attached hydrogen (secondary N) is 1. The summed E-state index contributed by atoms with van der Waals surface area (Å²) in [5.74, 6) is 0.801. The van der Waals surface area contributed by atoms with E-state index in [1.807, 2.05) is 0 Å². The summed E-state index contributed by atoms with van der Waals surface area (Å²) in [6.45, 7) is 2.53. The predicted octanol–water partition coefficient (Wildman–Crippen LogP) is 2.53. The second-order valence-corrected chi connectivity index (χ2v) is 5.64. The zero-order valence-corrected chi connectivity index (χ0v) is 14.7. The largest absolute Gasteiger partial charge is 0.490 e. The summed E-state index contributed by atoms with van der Waals surface area (Å²) in [5.41, 5.74) is 3.51. The van der Waals surface area contributed by atoms with Crippen LogP contribution in [-0.2, 0) is 0 Å². The smallest absolute Gasteiger partial charge is 0.311 e. The molecular weight excluding hydrogens is 354 g/mol. The highest BCUT2D eigenvalue weighted by Gasteiger charge is 2.17. The molecule has 140 valence electrons. The topological polar surface area (TPSA) is 112 Å². The van der Waals surface area contributed by atoms with E-state index >= 15 is 0 Å². The number of methoxy groups -OCH3 is 1. The third-order valence-electron chi connectivity index (χ3n) is 3.92. The van der Waals surface area contributed by atoms with Crippen LogP contribution in [0, 0.1) is 10.1 Å². The van der Waals surface area contributed by atoms with Crippen LogP contribution in [0.2, 0.25) is 0 Å². The fourth-order valence-electron chi connectivity index (χ4n) is 2.51. The number of ether oxygens (including phenoxy) is 3. The quantitative estimate of drug-likeness (QED) is 0.491. The highest BCUT2D eigenvalue weighted by molar-refractivity contribution is 6.01. The van der Waals surface area contributed by atoms with Crippen molar-refractivity contribution in [1.82, 2.24) is 5.43 Å². The third kappa shape index (κ3) is 3.97. The molecule has 1 N–H and O–H groups in total. The van der Waals surface area contributed by atoms with Crippen molar-refractivity contribution in [2.24, 2.45) is 5.10 Å². The number of benzene rings is 2. The molecule has 9 heteroatoms. The van der Waals surface area contributed by atoms with Crippen molar-refractivity contribution in [3.63, 3.8) is 0 Å². The minimum absolute atomic E-state index is 0.150. The van der Waals surface area contributed by atoms with Gasteiger partial charge in [0.2, 0.25) is 0 Å². The second-order valence-electron chi connectivity index (χ2n) is 5.64. The first-order valence-electron chi connectivity index (χ1n) is 8.06. The van der Waals surface area contributed by atoms with Gasteiger partial charge in [-0.3, -0.25) is 14.9 Å². The average Bonchev–Trinajstić information content (AvgIpc) is 2.70. The van der Waals surface area contributed by atoms with E-state index in [0.717, 1.165) is 0 Å². The Labute approximate surface area is 154 Å². The zero-order valence-electron chi connectivity index (χ0n) is 14.7. The summed E-state index contributed by atoms with van der Waals surface area (Å²) < 4.78 is 15.8. The number of nitrogens with zero attached hydrogens (tertiary/aromatic N) is 2. The van der Waals surface area contributed by atoms with Crippen molar-refractivity contribution in [2.75, 3.05) is 20.3 Å². The summed E-state index contributed by atoms with van der Waals surface area (Å²) in [6, 6.07) is 9.29. The van der Waals surface area contributed by atoms with E-state index in [9.17, 15) is 14.9 Å². The molecule has 1 aliphatic rings. The number of hydrogen-bond acceptors (Lipinski definition) is 7. The Morgan fingerprint density at radius 2 is 1.85 bits per heavy atom. The van der Waals surface area contributed by atoms with Crippen LogP contribution in [0.5, 0.6) is 17.2 Å². The minimum atomic E-state index is -0.538. The molecule has 0 aromatic heterocycles. The van der Waals surface area contributed by atoms with Crippen LogP contribution in [0.1, 0.15) is 22.8 Å². The standard InChI is InChI=1S/C18H17N3O6/c1-11(12-3-5-15(25-2)14(9-12)21(23)24)19-20-18(22)13-4-6-16-17(10-13)27-8-7-26-16/h3-6,9-10H,7-8H2,1-2H3,(H,20,22)/b19-11-. The van der Waals surface area contributed by atoms with Gasteiger partial charge < -0.3 is 14.2 Å². The average molecular weight is 371 g/mol. The van der Waals surface area contributed by atoms with Gasteiger partial charge in [-0.1, -0.05) is 0 Å². The molecule has 27 heavy (non-hydrogen) atoms. The van der Waals surface area contributed by atoms with Gasteiger partial charge in [0.15, 0.2) is 17.2 Å². The van der Waals surface area contributed by atoms with Gasteiger partial charge in [-0.15, -0.1) is 0 Å². The molecule has 0 saturated carbocycles. The van der Waals surface area contributed by atoms with E-state index in [4.69, 9.17) is 14.2 Å². The number of amides is 1. The van der Waals surface area contributed by atoms with E-state index in [1.165, 1.54) is 19.2 Å². The van der Waals surface area contributed by atoms with Crippen LogP contribution >= 0.6 is 0 Å². The third-order valence-corrected chi connectivity index (χ3v) is 3.92. The van der Waals surface area contributed by atoms with Gasteiger partial charge >= 0.3 is 5.69 Å². The van der Waals surface area contributed by atoms with Crippen LogP contribution in [0.25, 0.3) is 0 Å². The first kappa shape index (κ1) is 18.2. The summed E-state index contributed by atoms with van der Waals surface area (Å²) in [6.07, 6.45) is 0. The molecule has 0 saturated heterocycles. The highest BCUT2D eigenvalue weighted by Crippen LogP contribution is 2.31. The van der Waals surface area contributed by atoms with Crippen molar-refractivity contribution >= 4 is 17.3 Å². The van der Waals surface area contributed by atoms with Crippen molar-refractivity contribution in [3.05, 3.63) is 57.6 Å². The van der Waals surface area contributed by atoms with Crippen LogP contribution in [0.15, 0.2) is 41.5 Å². The Hall–Kier alpha value is -3.62. The van der Waals surface area contributed by atoms with E-state index in [2.05, 4.69) is 10.5 Å². The molecule has 1 amide bonds. The lowest BCUT2D eigenvalue weighted by atomic mass is 10.1. The van der Waals surface area contributed by atoms with E-state index in [-0.39, 0.29) is 11.4 Å². The first-order chi connectivity index (χ1) is 13.0. The molecule has 0 radical (unpaired) electrons. The van der Waals surface area contributed by atoms with Crippen molar-refractivity contribution in [1.29, 1.82) is 0 Å². The lowest BCUT2D eigenvalue weighted by Crippen LogP contribution is -2.20. The van der Waals surface area contributed by atoms with Crippen LogP contribution in [0.3, 0.4) is 0 Å². The number of nitro benzene ring substituents is 1. The molecular formula is C18H17N3O6. The molecule has 0 spiro atoms. The number of rotatable bonds is 5. The van der Waals surface area contributed by atoms with Crippen LogP contribution < -0.4 is 19.6 Å². The van der Waals surface area contributed by atoms with Crippen molar-refractivity contribution in [3.8, 4) is 17.2 Å². The van der Waals surface area contributed by atoms with Gasteiger partial charge in [0.25, 0.3) is 5.91 Å². The van der Waals surface area contributed by atoms with Crippen molar-refractivity contribution in [2.45, 2.75) is 6.92 Å². The molecule has 0 aliphatic carbocycles. The minimum Gasteiger partial charge on any atom is -0.490 e. The fourth-order valence-corrected chi connectivity index (χ4v) is 2.51. The number of carbonyl (C=O) groups excluding carboxylic acids is 1. The molecule has 1 heterocycles.